The molecule has 25 heavy (non-hydrogen) atoms. The van der Waals surface area contributed by atoms with Crippen molar-refractivity contribution in [3.8, 4) is 22.8 Å². The number of hydrogen-bond donors (Lipinski definition) is 1. The SMILES string of the molecule is CCOc1ccccc1NC(=O)c1noc2c1COc1ccccc1-2. The van der Waals surface area contributed by atoms with Gasteiger partial charge in [0.25, 0.3) is 5.91 Å². The molecular weight excluding hydrogens is 320 g/mol. The number of nitrogens with one attached hydrogen (secondary N) is 1. The number of nitrogens with zero attached hydrogens (tertiary/aromatic N) is 1. The summed E-state index contributed by atoms with van der Waals surface area (Å²) < 4.78 is 16.7. The summed E-state index contributed by atoms with van der Waals surface area (Å²) in [7, 11) is 0. The Balaban J connectivity index is 1.65. The van der Waals surface area contributed by atoms with Crippen LogP contribution in [0.2, 0.25) is 0 Å². The van der Waals surface area contributed by atoms with Gasteiger partial charge in [-0.3, -0.25) is 4.79 Å². The lowest BCUT2D eigenvalue weighted by Gasteiger charge is -2.16. The first-order valence-electron chi connectivity index (χ1n) is 8.02. The van der Waals surface area contributed by atoms with E-state index in [0.717, 1.165) is 11.3 Å². The molecule has 0 unspecified atom stereocenters. The van der Waals surface area contributed by atoms with Gasteiger partial charge in [-0.05, 0) is 31.2 Å². The molecular formula is C19H16N2O4. The molecule has 0 atom stereocenters. The van der Waals surface area contributed by atoms with E-state index in [1.54, 1.807) is 12.1 Å². The number of ether oxygens (including phenoxy) is 2. The van der Waals surface area contributed by atoms with Crippen molar-refractivity contribution in [2.45, 2.75) is 13.5 Å². The highest BCUT2D eigenvalue weighted by molar-refractivity contribution is 6.05. The largest absolute Gasteiger partial charge is 0.492 e. The first-order chi connectivity index (χ1) is 12.3. The molecule has 1 amide bonds. The van der Waals surface area contributed by atoms with Crippen LogP contribution in [0.5, 0.6) is 11.5 Å². The average molecular weight is 336 g/mol. The van der Waals surface area contributed by atoms with Crippen molar-refractivity contribution in [3.05, 3.63) is 59.8 Å². The van der Waals surface area contributed by atoms with Crippen LogP contribution in [0, 0.1) is 0 Å². The van der Waals surface area contributed by atoms with Gasteiger partial charge in [-0.25, -0.2) is 0 Å². The Morgan fingerprint density at radius 3 is 2.88 bits per heavy atom. The molecule has 0 saturated carbocycles. The molecule has 126 valence electrons. The monoisotopic (exact) mass is 336 g/mol. The zero-order valence-corrected chi connectivity index (χ0v) is 13.6. The maximum atomic E-state index is 12.7. The molecule has 2 aromatic carbocycles. The van der Waals surface area contributed by atoms with Crippen molar-refractivity contribution >= 4 is 11.6 Å². The molecule has 0 aliphatic carbocycles. The standard InChI is InChI=1S/C19H16N2O4/c1-2-23-16-10-6-4-8-14(16)20-19(22)17-13-11-24-15-9-5-3-7-12(15)18(13)25-21-17/h3-10H,2,11H2,1H3,(H,20,22). The number of hydrogen-bond acceptors (Lipinski definition) is 5. The summed E-state index contributed by atoms with van der Waals surface area (Å²) in [6, 6.07) is 14.8. The Labute approximate surface area is 144 Å². The molecule has 1 aliphatic heterocycles. The summed E-state index contributed by atoms with van der Waals surface area (Å²) in [5.41, 5.74) is 2.24. The van der Waals surface area contributed by atoms with Crippen LogP contribution in [-0.4, -0.2) is 17.7 Å². The normalized spacial score (nSPS) is 11.9. The number of benzene rings is 2. The van der Waals surface area contributed by atoms with Crippen LogP contribution in [0.3, 0.4) is 0 Å². The molecule has 2 heterocycles. The molecule has 1 N–H and O–H groups in total. The van der Waals surface area contributed by atoms with E-state index in [1.807, 2.05) is 43.3 Å². The zero-order chi connectivity index (χ0) is 17.2. The number of fused-ring (bicyclic) bond motifs is 3. The number of carbonyl (C=O) groups excluding carboxylic acids is 1. The number of rotatable bonds is 4. The number of carbonyl (C=O) groups is 1. The molecule has 6 nitrogen and oxygen atoms in total. The Hall–Kier alpha value is -3.28. The Bertz CT molecular complexity index is 933. The number of para-hydroxylation sites is 3. The lowest BCUT2D eigenvalue weighted by atomic mass is 10.0. The van der Waals surface area contributed by atoms with Crippen molar-refractivity contribution in [2.75, 3.05) is 11.9 Å². The van der Waals surface area contributed by atoms with Crippen LogP contribution in [-0.2, 0) is 6.61 Å². The van der Waals surface area contributed by atoms with Crippen LogP contribution in [0.1, 0.15) is 23.0 Å². The van der Waals surface area contributed by atoms with E-state index < -0.39 is 0 Å². The summed E-state index contributed by atoms with van der Waals surface area (Å²) in [4.78, 5) is 12.7. The van der Waals surface area contributed by atoms with Gasteiger partial charge in [0.1, 0.15) is 18.1 Å². The van der Waals surface area contributed by atoms with Gasteiger partial charge < -0.3 is 19.3 Å². The fraction of sp³-hybridized carbons (Fsp3) is 0.158. The quantitative estimate of drug-likeness (QED) is 0.782. The minimum atomic E-state index is -0.361. The maximum absolute atomic E-state index is 12.7. The second kappa shape index (κ2) is 6.32. The van der Waals surface area contributed by atoms with Gasteiger partial charge in [-0.1, -0.05) is 29.4 Å². The molecule has 0 fully saturated rings. The van der Waals surface area contributed by atoms with E-state index in [9.17, 15) is 4.79 Å². The van der Waals surface area contributed by atoms with Crippen LogP contribution >= 0.6 is 0 Å². The van der Waals surface area contributed by atoms with E-state index in [-0.39, 0.29) is 18.2 Å². The summed E-state index contributed by atoms with van der Waals surface area (Å²) in [6.45, 7) is 2.64. The molecule has 1 aliphatic rings. The predicted molar refractivity (Wildman–Crippen MR) is 91.8 cm³/mol. The molecule has 0 bridgehead atoms. The number of amides is 1. The van der Waals surface area contributed by atoms with Crippen LogP contribution in [0.25, 0.3) is 11.3 Å². The predicted octanol–water partition coefficient (Wildman–Crippen LogP) is 3.89. The smallest absolute Gasteiger partial charge is 0.278 e. The van der Waals surface area contributed by atoms with Crippen LogP contribution in [0.4, 0.5) is 5.69 Å². The summed E-state index contributed by atoms with van der Waals surface area (Å²) in [5, 5.41) is 6.79. The summed E-state index contributed by atoms with van der Waals surface area (Å²) in [5.74, 6) is 1.54. The molecule has 1 aromatic heterocycles. The third-order valence-electron chi connectivity index (χ3n) is 3.94. The van der Waals surface area contributed by atoms with Crippen molar-refractivity contribution < 1.29 is 18.8 Å². The van der Waals surface area contributed by atoms with Gasteiger partial charge in [0.05, 0.1) is 23.4 Å². The van der Waals surface area contributed by atoms with E-state index >= 15 is 0 Å². The lowest BCUT2D eigenvalue weighted by molar-refractivity contribution is 0.101. The Morgan fingerprint density at radius 1 is 1.20 bits per heavy atom. The number of anilines is 1. The second-order valence-electron chi connectivity index (χ2n) is 5.51. The Morgan fingerprint density at radius 2 is 2.00 bits per heavy atom. The fourth-order valence-corrected chi connectivity index (χ4v) is 2.80. The third-order valence-corrected chi connectivity index (χ3v) is 3.94. The van der Waals surface area contributed by atoms with E-state index in [4.69, 9.17) is 14.0 Å². The highest BCUT2D eigenvalue weighted by Crippen LogP contribution is 2.38. The van der Waals surface area contributed by atoms with E-state index in [1.165, 1.54) is 0 Å². The lowest BCUT2D eigenvalue weighted by Crippen LogP contribution is -2.17. The van der Waals surface area contributed by atoms with Crippen molar-refractivity contribution in [3.63, 3.8) is 0 Å². The highest BCUT2D eigenvalue weighted by atomic mass is 16.5. The van der Waals surface area contributed by atoms with Crippen molar-refractivity contribution in [2.24, 2.45) is 0 Å². The summed E-state index contributed by atoms with van der Waals surface area (Å²) in [6.07, 6.45) is 0. The molecule has 4 rings (SSSR count). The maximum Gasteiger partial charge on any atom is 0.278 e. The second-order valence-corrected chi connectivity index (χ2v) is 5.51. The average Bonchev–Trinajstić information content (AvgIpc) is 3.08. The molecule has 0 radical (unpaired) electrons. The van der Waals surface area contributed by atoms with E-state index in [2.05, 4.69) is 10.5 Å². The number of aromatic nitrogens is 1. The zero-order valence-electron chi connectivity index (χ0n) is 13.6. The molecule has 0 spiro atoms. The van der Waals surface area contributed by atoms with Gasteiger partial charge in [0.2, 0.25) is 0 Å². The third kappa shape index (κ3) is 2.71. The first-order valence-corrected chi connectivity index (χ1v) is 8.02. The Kier molecular flexibility index (Phi) is 3.85. The van der Waals surface area contributed by atoms with Gasteiger partial charge in [-0.2, -0.15) is 0 Å². The van der Waals surface area contributed by atoms with Crippen molar-refractivity contribution in [1.29, 1.82) is 0 Å². The van der Waals surface area contributed by atoms with E-state index in [0.29, 0.717) is 29.4 Å². The fourth-order valence-electron chi connectivity index (χ4n) is 2.80. The van der Waals surface area contributed by atoms with Gasteiger partial charge in [0, 0.05) is 0 Å². The first kappa shape index (κ1) is 15.3. The molecule has 3 aromatic rings. The van der Waals surface area contributed by atoms with Gasteiger partial charge >= 0.3 is 0 Å². The van der Waals surface area contributed by atoms with Gasteiger partial charge in [0.15, 0.2) is 11.5 Å². The van der Waals surface area contributed by atoms with Gasteiger partial charge in [-0.15, -0.1) is 0 Å². The van der Waals surface area contributed by atoms with Crippen molar-refractivity contribution in [1.82, 2.24) is 5.16 Å². The minimum Gasteiger partial charge on any atom is -0.492 e. The van der Waals surface area contributed by atoms with Crippen LogP contribution in [0.15, 0.2) is 53.1 Å². The minimum absolute atomic E-state index is 0.218. The molecule has 6 heteroatoms. The topological polar surface area (TPSA) is 73.6 Å². The molecule has 0 saturated heterocycles. The highest BCUT2D eigenvalue weighted by Gasteiger charge is 2.28. The summed E-state index contributed by atoms with van der Waals surface area (Å²) >= 11 is 0. The van der Waals surface area contributed by atoms with Crippen LogP contribution < -0.4 is 14.8 Å².